The van der Waals surface area contributed by atoms with Gasteiger partial charge in [0.2, 0.25) is 5.91 Å². The maximum absolute atomic E-state index is 12.8. The van der Waals surface area contributed by atoms with Gasteiger partial charge in [-0.15, -0.1) is 0 Å². The fraction of sp³-hybridized carbons (Fsp3) is 0.300. The highest BCUT2D eigenvalue weighted by Gasteiger charge is 2.25. The highest BCUT2D eigenvalue weighted by Crippen LogP contribution is 2.31. The standard InChI is InChI=1S/C20H21N3O2S/c1-15(19(24)22-11-13-25-14-12-22)26-20-21-17-9-5-6-10-18(17)23(20)16-7-3-2-4-8-16/h2-10,15H,11-14H2,1H3. The number of nitrogens with zero attached hydrogens (tertiary/aromatic N) is 3. The summed E-state index contributed by atoms with van der Waals surface area (Å²) in [4.78, 5) is 19.5. The largest absolute Gasteiger partial charge is 0.378 e. The van der Waals surface area contributed by atoms with Crippen molar-refractivity contribution in [3.8, 4) is 5.69 Å². The maximum atomic E-state index is 12.8. The molecule has 1 aliphatic rings. The average molecular weight is 367 g/mol. The van der Waals surface area contributed by atoms with Crippen LogP contribution >= 0.6 is 11.8 Å². The Morgan fingerprint density at radius 2 is 1.77 bits per heavy atom. The number of fused-ring (bicyclic) bond motifs is 1. The molecule has 5 nitrogen and oxygen atoms in total. The van der Waals surface area contributed by atoms with E-state index < -0.39 is 0 Å². The van der Waals surface area contributed by atoms with E-state index in [1.54, 1.807) is 0 Å². The van der Waals surface area contributed by atoms with Crippen LogP contribution in [0.25, 0.3) is 16.7 Å². The Bertz CT molecular complexity index is 904. The number of aromatic nitrogens is 2. The predicted molar refractivity (Wildman–Crippen MR) is 104 cm³/mol. The number of carbonyl (C=O) groups excluding carboxylic acids is 1. The summed E-state index contributed by atoms with van der Waals surface area (Å²) in [5.74, 6) is 0.143. The van der Waals surface area contributed by atoms with Gasteiger partial charge in [-0.3, -0.25) is 9.36 Å². The molecule has 0 radical (unpaired) electrons. The number of hydrogen-bond acceptors (Lipinski definition) is 4. The van der Waals surface area contributed by atoms with Crippen LogP contribution in [-0.2, 0) is 9.53 Å². The zero-order valence-corrected chi connectivity index (χ0v) is 15.5. The van der Waals surface area contributed by atoms with Gasteiger partial charge in [0.15, 0.2) is 5.16 Å². The van der Waals surface area contributed by atoms with E-state index in [4.69, 9.17) is 9.72 Å². The van der Waals surface area contributed by atoms with Gasteiger partial charge in [-0.05, 0) is 31.2 Å². The first-order chi connectivity index (χ1) is 12.7. The molecule has 1 saturated heterocycles. The zero-order chi connectivity index (χ0) is 17.9. The lowest BCUT2D eigenvalue weighted by molar-refractivity contribution is -0.134. The molecule has 2 heterocycles. The van der Waals surface area contributed by atoms with Crippen LogP contribution < -0.4 is 0 Å². The molecule has 134 valence electrons. The summed E-state index contributed by atoms with van der Waals surface area (Å²) < 4.78 is 7.48. The minimum absolute atomic E-state index is 0.143. The fourth-order valence-electron chi connectivity index (χ4n) is 3.16. The quantitative estimate of drug-likeness (QED) is 0.664. The van der Waals surface area contributed by atoms with E-state index in [-0.39, 0.29) is 11.2 Å². The Balaban J connectivity index is 1.66. The van der Waals surface area contributed by atoms with Gasteiger partial charge in [-0.1, -0.05) is 42.1 Å². The summed E-state index contributed by atoms with van der Waals surface area (Å²) in [5, 5.41) is 0.638. The van der Waals surface area contributed by atoms with E-state index in [1.807, 2.05) is 48.2 Å². The molecular formula is C20H21N3O2S. The number of imidazole rings is 1. The molecule has 0 N–H and O–H groups in total. The number of morpholine rings is 1. The molecule has 1 fully saturated rings. The third-order valence-electron chi connectivity index (χ3n) is 4.50. The van der Waals surface area contributed by atoms with Gasteiger partial charge in [0.25, 0.3) is 0 Å². The molecule has 0 saturated carbocycles. The first-order valence-electron chi connectivity index (χ1n) is 8.80. The summed E-state index contributed by atoms with van der Waals surface area (Å²) in [5.41, 5.74) is 3.03. The second kappa shape index (κ2) is 7.51. The molecule has 0 spiro atoms. The van der Waals surface area contributed by atoms with Gasteiger partial charge in [0, 0.05) is 18.8 Å². The van der Waals surface area contributed by atoms with Gasteiger partial charge in [-0.25, -0.2) is 4.98 Å². The van der Waals surface area contributed by atoms with E-state index in [0.29, 0.717) is 26.3 Å². The Kier molecular flexibility index (Phi) is 4.95. The van der Waals surface area contributed by atoms with Gasteiger partial charge < -0.3 is 9.64 Å². The zero-order valence-electron chi connectivity index (χ0n) is 14.7. The van der Waals surface area contributed by atoms with Crippen LogP contribution in [0, 0.1) is 0 Å². The van der Waals surface area contributed by atoms with Crippen LogP contribution in [-0.4, -0.2) is 51.9 Å². The highest BCUT2D eigenvalue weighted by atomic mass is 32.2. The van der Waals surface area contributed by atoms with Crippen molar-refractivity contribution in [2.45, 2.75) is 17.3 Å². The first-order valence-corrected chi connectivity index (χ1v) is 9.68. The molecule has 1 atom stereocenters. The van der Waals surface area contributed by atoms with E-state index in [1.165, 1.54) is 11.8 Å². The molecule has 1 aliphatic heterocycles. The van der Waals surface area contributed by atoms with Crippen LogP contribution in [0.5, 0.6) is 0 Å². The maximum Gasteiger partial charge on any atom is 0.236 e. The van der Waals surface area contributed by atoms with Crippen molar-refractivity contribution >= 4 is 28.7 Å². The van der Waals surface area contributed by atoms with Crippen LogP contribution in [0.15, 0.2) is 59.8 Å². The average Bonchev–Trinajstić information content (AvgIpc) is 3.06. The van der Waals surface area contributed by atoms with Crippen molar-refractivity contribution in [1.29, 1.82) is 0 Å². The van der Waals surface area contributed by atoms with Crippen LogP contribution in [0.1, 0.15) is 6.92 Å². The Labute approximate surface area is 157 Å². The summed E-state index contributed by atoms with van der Waals surface area (Å²) >= 11 is 1.51. The monoisotopic (exact) mass is 367 g/mol. The van der Waals surface area contributed by atoms with Crippen molar-refractivity contribution in [2.24, 2.45) is 0 Å². The second-order valence-corrected chi connectivity index (χ2v) is 7.56. The van der Waals surface area contributed by atoms with Gasteiger partial charge in [-0.2, -0.15) is 0 Å². The third kappa shape index (κ3) is 3.34. The lowest BCUT2D eigenvalue weighted by Crippen LogP contribution is -2.44. The molecule has 1 amide bonds. The molecule has 26 heavy (non-hydrogen) atoms. The van der Waals surface area contributed by atoms with Gasteiger partial charge in [0.1, 0.15) is 0 Å². The van der Waals surface area contributed by atoms with Crippen molar-refractivity contribution in [3.63, 3.8) is 0 Å². The van der Waals surface area contributed by atoms with Crippen molar-refractivity contribution in [3.05, 3.63) is 54.6 Å². The molecule has 2 aromatic carbocycles. The summed E-state index contributed by atoms with van der Waals surface area (Å²) in [6.07, 6.45) is 0. The second-order valence-electron chi connectivity index (χ2n) is 6.25. The molecule has 1 unspecified atom stereocenters. The number of thioether (sulfide) groups is 1. The first kappa shape index (κ1) is 17.1. The Morgan fingerprint density at radius 1 is 1.08 bits per heavy atom. The lowest BCUT2D eigenvalue weighted by atomic mass is 10.3. The molecule has 6 heteroatoms. The number of hydrogen-bond donors (Lipinski definition) is 0. The summed E-state index contributed by atoms with van der Waals surface area (Å²) in [6, 6.07) is 18.2. The minimum Gasteiger partial charge on any atom is -0.378 e. The van der Waals surface area contributed by atoms with Crippen LogP contribution in [0.3, 0.4) is 0 Å². The molecule has 4 rings (SSSR count). The minimum atomic E-state index is -0.202. The van der Waals surface area contributed by atoms with E-state index >= 15 is 0 Å². The number of amides is 1. The highest BCUT2D eigenvalue weighted by molar-refractivity contribution is 8.00. The Morgan fingerprint density at radius 3 is 2.54 bits per heavy atom. The number of rotatable bonds is 4. The normalized spacial score (nSPS) is 16.0. The van der Waals surface area contributed by atoms with Crippen LogP contribution in [0.2, 0.25) is 0 Å². The Hall–Kier alpha value is -2.31. The number of ether oxygens (including phenoxy) is 1. The van der Waals surface area contributed by atoms with E-state index in [2.05, 4.69) is 22.8 Å². The van der Waals surface area contributed by atoms with Crippen molar-refractivity contribution in [1.82, 2.24) is 14.5 Å². The molecule has 0 bridgehead atoms. The molecule has 0 aliphatic carbocycles. The summed E-state index contributed by atoms with van der Waals surface area (Å²) in [7, 11) is 0. The topological polar surface area (TPSA) is 47.4 Å². The molecular weight excluding hydrogens is 346 g/mol. The number of carbonyl (C=O) groups is 1. The fourth-order valence-corrected chi connectivity index (χ4v) is 4.19. The number of benzene rings is 2. The van der Waals surface area contributed by atoms with Gasteiger partial charge in [0.05, 0.1) is 29.5 Å². The lowest BCUT2D eigenvalue weighted by Gasteiger charge is -2.29. The molecule has 3 aromatic rings. The number of para-hydroxylation sites is 3. The van der Waals surface area contributed by atoms with Crippen molar-refractivity contribution < 1.29 is 9.53 Å². The summed E-state index contributed by atoms with van der Waals surface area (Å²) in [6.45, 7) is 4.52. The molecule has 1 aromatic heterocycles. The van der Waals surface area contributed by atoms with E-state index in [0.717, 1.165) is 21.9 Å². The van der Waals surface area contributed by atoms with Crippen molar-refractivity contribution in [2.75, 3.05) is 26.3 Å². The predicted octanol–water partition coefficient (Wildman–Crippen LogP) is 3.36. The van der Waals surface area contributed by atoms with Gasteiger partial charge >= 0.3 is 0 Å². The van der Waals surface area contributed by atoms with E-state index in [9.17, 15) is 4.79 Å². The SMILES string of the molecule is CC(Sc1nc2ccccc2n1-c1ccccc1)C(=O)N1CCOCC1. The smallest absolute Gasteiger partial charge is 0.236 e. The third-order valence-corrected chi connectivity index (χ3v) is 5.54. The van der Waals surface area contributed by atoms with Crippen LogP contribution in [0.4, 0.5) is 0 Å².